The molecular weight excluding hydrogens is 478 g/mol. The zero-order valence-electron chi connectivity index (χ0n) is 19.7. The number of imide groups is 2. The zero-order chi connectivity index (χ0) is 25.5. The third-order valence-corrected chi connectivity index (χ3v) is 6.86. The molecule has 12 nitrogen and oxygen atoms in total. The summed E-state index contributed by atoms with van der Waals surface area (Å²) >= 11 is 0. The van der Waals surface area contributed by atoms with E-state index in [4.69, 9.17) is 4.84 Å². The van der Waals surface area contributed by atoms with E-state index in [1.807, 2.05) is 24.3 Å². The Balaban J connectivity index is 1.20. The number of nitrogens with zero attached hydrogens (tertiary/aromatic N) is 5. The third kappa shape index (κ3) is 4.14. The molecule has 0 radical (unpaired) electrons. The van der Waals surface area contributed by atoms with Crippen molar-refractivity contribution in [2.24, 2.45) is 4.99 Å². The van der Waals surface area contributed by atoms with Gasteiger partial charge in [-0.3, -0.25) is 29.4 Å². The van der Waals surface area contributed by atoms with E-state index in [-0.39, 0.29) is 25.1 Å². The molecule has 4 aliphatic heterocycles. The molecule has 1 saturated heterocycles. The number of hydrogen-bond acceptors (Lipinski definition) is 10. The van der Waals surface area contributed by atoms with Gasteiger partial charge in [-0.25, -0.2) is 15.0 Å². The van der Waals surface area contributed by atoms with Gasteiger partial charge in [0, 0.05) is 36.5 Å². The van der Waals surface area contributed by atoms with E-state index >= 15 is 0 Å². The summed E-state index contributed by atoms with van der Waals surface area (Å²) in [6, 6.07) is 6.80. The number of benzene rings is 1. The molecular formula is C25H23N7O5. The van der Waals surface area contributed by atoms with Gasteiger partial charge in [-0.1, -0.05) is 18.2 Å². The first-order valence-corrected chi connectivity index (χ1v) is 12.0. The van der Waals surface area contributed by atoms with Crippen LogP contribution < -0.4 is 10.8 Å². The van der Waals surface area contributed by atoms with E-state index < -0.39 is 35.8 Å². The standard InChI is InChI=1S/C25H23N7O5/c33-19-7-6-18(23(34)28-19)32-24(35)17-5-2-8-31(21(17)25(32)36)12-20-29-22(30-37-20)15-4-1-3-14(9-15)16-10-26-13-27-11-16/h1,3-4,9-11,13,18,22,30H,2,5-8,12H2,(H,28,33,34). The summed E-state index contributed by atoms with van der Waals surface area (Å²) in [6.07, 6.45) is 5.83. The average Bonchev–Trinajstić information content (AvgIpc) is 3.48. The van der Waals surface area contributed by atoms with E-state index in [1.165, 1.54) is 6.33 Å². The fourth-order valence-electron chi connectivity index (χ4n) is 5.10. The Morgan fingerprint density at radius 2 is 1.86 bits per heavy atom. The number of hydroxylamine groups is 1. The van der Waals surface area contributed by atoms with Crippen LogP contribution in [-0.4, -0.2) is 68.4 Å². The number of carbonyl (C=O) groups excluding carboxylic acids is 4. The summed E-state index contributed by atoms with van der Waals surface area (Å²) in [5, 5.41) is 2.22. The molecule has 37 heavy (non-hydrogen) atoms. The van der Waals surface area contributed by atoms with Crippen LogP contribution in [0.5, 0.6) is 0 Å². The average molecular weight is 502 g/mol. The van der Waals surface area contributed by atoms with Crippen LogP contribution in [0.25, 0.3) is 11.1 Å². The maximum Gasteiger partial charge on any atom is 0.278 e. The second-order valence-corrected chi connectivity index (χ2v) is 9.20. The van der Waals surface area contributed by atoms with Crippen molar-refractivity contribution in [3.8, 4) is 11.1 Å². The van der Waals surface area contributed by atoms with Gasteiger partial charge < -0.3 is 9.74 Å². The Morgan fingerprint density at radius 3 is 2.68 bits per heavy atom. The molecule has 0 saturated carbocycles. The number of nitrogens with one attached hydrogen (secondary N) is 2. The molecule has 0 bridgehead atoms. The minimum atomic E-state index is -0.987. The van der Waals surface area contributed by atoms with Crippen molar-refractivity contribution >= 4 is 29.5 Å². The second kappa shape index (κ2) is 9.21. The topological polar surface area (TPSA) is 146 Å². The lowest BCUT2D eigenvalue weighted by molar-refractivity contribution is -0.150. The van der Waals surface area contributed by atoms with E-state index in [2.05, 4.69) is 25.8 Å². The van der Waals surface area contributed by atoms with Crippen molar-refractivity contribution in [2.75, 3.05) is 13.1 Å². The highest BCUT2D eigenvalue weighted by Gasteiger charge is 2.48. The smallest absolute Gasteiger partial charge is 0.278 e. The van der Waals surface area contributed by atoms with E-state index in [1.54, 1.807) is 17.3 Å². The predicted molar refractivity (Wildman–Crippen MR) is 128 cm³/mol. The highest BCUT2D eigenvalue weighted by atomic mass is 16.7. The molecule has 1 aromatic heterocycles. The molecule has 12 heteroatoms. The fourth-order valence-corrected chi connectivity index (χ4v) is 5.10. The van der Waals surface area contributed by atoms with Crippen molar-refractivity contribution in [2.45, 2.75) is 37.9 Å². The van der Waals surface area contributed by atoms with Crippen LogP contribution in [0.15, 0.2) is 59.2 Å². The van der Waals surface area contributed by atoms with Gasteiger partial charge in [0.25, 0.3) is 11.8 Å². The summed E-state index contributed by atoms with van der Waals surface area (Å²) < 4.78 is 0. The molecule has 0 spiro atoms. The first kappa shape index (κ1) is 23.0. The van der Waals surface area contributed by atoms with Gasteiger partial charge in [-0.15, -0.1) is 5.48 Å². The van der Waals surface area contributed by atoms with Crippen molar-refractivity contribution in [3.05, 3.63) is 59.8 Å². The lowest BCUT2D eigenvalue weighted by Gasteiger charge is -2.30. The van der Waals surface area contributed by atoms with Crippen LogP contribution in [0.2, 0.25) is 0 Å². The summed E-state index contributed by atoms with van der Waals surface area (Å²) in [5.41, 5.74) is 6.29. The minimum absolute atomic E-state index is 0.0814. The Bertz CT molecular complexity index is 1370. The molecule has 4 aliphatic rings. The number of rotatable bonds is 5. The van der Waals surface area contributed by atoms with Crippen molar-refractivity contribution in [3.63, 3.8) is 0 Å². The van der Waals surface area contributed by atoms with Crippen molar-refractivity contribution in [1.82, 2.24) is 30.6 Å². The lowest BCUT2D eigenvalue weighted by Crippen LogP contribution is -2.55. The minimum Gasteiger partial charge on any atom is -0.389 e. The van der Waals surface area contributed by atoms with Gasteiger partial charge in [0.2, 0.25) is 17.7 Å². The van der Waals surface area contributed by atoms with Crippen LogP contribution >= 0.6 is 0 Å². The van der Waals surface area contributed by atoms with Gasteiger partial charge in [-0.2, -0.15) is 0 Å². The quantitative estimate of drug-likeness (QED) is 0.562. The summed E-state index contributed by atoms with van der Waals surface area (Å²) in [7, 11) is 0. The molecule has 0 aliphatic carbocycles. The lowest BCUT2D eigenvalue weighted by atomic mass is 10.0. The second-order valence-electron chi connectivity index (χ2n) is 9.20. The van der Waals surface area contributed by atoms with Gasteiger partial charge in [-0.05, 0) is 36.5 Å². The van der Waals surface area contributed by atoms with E-state index in [0.717, 1.165) is 21.6 Å². The fraction of sp³-hybridized carbons (Fsp3) is 0.320. The third-order valence-electron chi connectivity index (χ3n) is 6.86. The summed E-state index contributed by atoms with van der Waals surface area (Å²) in [6.45, 7) is 0.730. The number of carbonyl (C=O) groups is 4. The molecule has 188 valence electrons. The van der Waals surface area contributed by atoms with E-state index in [9.17, 15) is 19.2 Å². The van der Waals surface area contributed by atoms with Gasteiger partial charge in [0.1, 0.15) is 18.1 Å². The Labute approximate surface area is 211 Å². The number of aliphatic imine (C=N–C) groups is 1. The van der Waals surface area contributed by atoms with Gasteiger partial charge in [0.15, 0.2) is 6.17 Å². The molecule has 5 heterocycles. The monoisotopic (exact) mass is 501 g/mol. The Kier molecular flexibility index (Phi) is 5.72. The molecule has 1 fully saturated rings. The van der Waals surface area contributed by atoms with Crippen molar-refractivity contribution < 1.29 is 24.0 Å². The Morgan fingerprint density at radius 1 is 1.03 bits per heavy atom. The molecule has 2 unspecified atom stereocenters. The predicted octanol–water partition coefficient (Wildman–Crippen LogP) is 0.599. The zero-order valence-corrected chi connectivity index (χ0v) is 19.7. The number of piperidine rings is 1. The van der Waals surface area contributed by atoms with Crippen LogP contribution in [0.3, 0.4) is 0 Å². The van der Waals surface area contributed by atoms with E-state index in [0.29, 0.717) is 30.9 Å². The summed E-state index contributed by atoms with van der Waals surface area (Å²) in [5.74, 6) is -1.63. The largest absolute Gasteiger partial charge is 0.389 e. The molecule has 6 rings (SSSR count). The first-order chi connectivity index (χ1) is 18.0. The highest BCUT2D eigenvalue weighted by Crippen LogP contribution is 2.34. The number of aromatic nitrogens is 2. The highest BCUT2D eigenvalue weighted by molar-refractivity contribution is 6.21. The number of amides is 4. The van der Waals surface area contributed by atoms with Crippen LogP contribution in [-0.2, 0) is 24.0 Å². The van der Waals surface area contributed by atoms with Crippen LogP contribution in [0.1, 0.15) is 37.4 Å². The number of hydrogen-bond donors (Lipinski definition) is 2. The van der Waals surface area contributed by atoms with Crippen LogP contribution in [0, 0.1) is 0 Å². The molecule has 4 amide bonds. The van der Waals surface area contributed by atoms with Crippen molar-refractivity contribution in [1.29, 1.82) is 0 Å². The molecule has 2 N–H and O–H groups in total. The van der Waals surface area contributed by atoms with Gasteiger partial charge in [0.05, 0.1) is 6.54 Å². The first-order valence-electron chi connectivity index (χ1n) is 12.0. The molecule has 1 aromatic carbocycles. The van der Waals surface area contributed by atoms with Crippen LogP contribution in [0.4, 0.5) is 0 Å². The maximum absolute atomic E-state index is 13.4. The Hall–Kier alpha value is -4.45. The maximum atomic E-state index is 13.4. The summed E-state index contributed by atoms with van der Waals surface area (Å²) in [4.78, 5) is 71.6. The SMILES string of the molecule is O=C1CCC(N2C(=O)C3=C(C2=O)N(CC2=NC(c4cccc(-c5cncnc5)c4)NO2)CCC3)C(=O)N1. The normalized spacial score (nSPS) is 23.7. The van der Waals surface area contributed by atoms with Gasteiger partial charge >= 0.3 is 0 Å². The molecule has 2 atom stereocenters. The molecule has 2 aromatic rings.